The van der Waals surface area contributed by atoms with E-state index in [9.17, 15) is 0 Å². The average Bonchev–Trinajstić information content (AvgIpc) is 2.86. The fourth-order valence-electron chi connectivity index (χ4n) is 1.61. The number of rotatable bonds is 5. The molecule has 0 spiro atoms. The quantitative estimate of drug-likeness (QED) is 0.659. The molecule has 1 aliphatic heterocycles. The fraction of sp³-hybridized carbons (Fsp3) is 0.636. The van der Waals surface area contributed by atoms with E-state index < -0.39 is 0 Å². The highest BCUT2D eigenvalue weighted by Gasteiger charge is 2.22. The number of aryl methyl sites for hydroxylation is 2. The summed E-state index contributed by atoms with van der Waals surface area (Å²) in [6, 6.07) is 2.28. The molecule has 1 aliphatic rings. The maximum Gasteiger partial charge on any atom is 0.0813 e. The maximum atomic E-state index is 5.21. The van der Waals surface area contributed by atoms with Gasteiger partial charge in [0.15, 0.2) is 0 Å². The lowest BCUT2D eigenvalue weighted by molar-refractivity contribution is 0.397. The van der Waals surface area contributed by atoms with Crippen molar-refractivity contribution in [2.75, 3.05) is 6.61 Å². The second kappa shape index (κ2) is 4.25. The molecule has 1 atom stereocenters. The van der Waals surface area contributed by atoms with E-state index in [1.165, 1.54) is 25.7 Å². The maximum absolute atomic E-state index is 5.21. The molecule has 1 unspecified atom stereocenters. The van der Waals surface area contributed by atoms with Gasteiger partial charge < -0.3 is 4.74 Å². The molecule has 0 radical (unpaired) electrons. The van der Waals surface area contributed by atoms with Gasteiger partial charge in [-0.1, -0.05) is 13.3 Å². The highest BCUT2D eigenvalue weighted by atomic mass is 32.1. The van der Waals surface area contributed by atoms with Gasteiger partial charge in [0, 0.05) is 4.88 Å². The molecule has 1 aromatic heterocycles. The van der Waals surface area contributed by atoms with Crippen molar-refractivity contribution in [2.45, 2.75) is 38.7 Å². The Labute approximate surface area is 83.7 Å². The predicted octanol–water partition coefficient (Wildman–Crippen LogP) is 3.03. The second-order valence-electron chi connectivity index (χ2n) is 3.61. The Hall–Kier alpha value is -0.340. The Kier molecular flexibility index (Phi) is 3.01. The monoisotopic (exact) mass is 196 g/mol. The van der Waals surface area contributed by atoms with E-state index >= 15 is 0 Å². The molecule has 0 bridgehead atoms. The van der Waals surface area contributed by atoms with Crippen LogP contribution < -0.4 is 0 Å². The van der Waals surface area contributed by atoms with Crippen LogP contribution in [0.1, 0.15) is 30.2 Å². The molecule has 0 aliphatic carbocycles. The van der Waals surface area contributed by atoms with E-state index in [0.717, 1.165) is 6.61 Å². The lowest BCUT2D eigenvalue weighted by atomic mass is 10.1. The van der Waals surface area contributed by atoms with Gasteiger partial charge in [-0.2, -0.15) is 0 Å². The highest BCUT2D eigenvalue weighted by molar-refractivity contribution is 7.10. The first-order chi connectivity index (χ1) is 6.40. The van der Waals surface area contributed by atoms with Crippen molar-refractivity contribution in [3.05, 3.63) is 21.9 Å². The van der Waals surface area contributed by atoms with Crippen molar-refractivity contribution < 1.29 is 4.74 Å². The number of hydrogen-bond acceptors (Lipinski definition) is 2. The van der Waals surface area contributed by atoms with Gasteiger partial charge in [-0.15, -0.1) is 11.3 Å². The highest BCUT2D eigenvalue weighted by Crippen LogP contribution is 2.23. The lowest BCUT2D eigenvalue weighted by Crippen LogP contribution is -1.92. The number of ether oxygens (including phenoxy) is 1. The van der Waals surface area contributed by atoms with Crippen molar-refractivity contribution >= 4 is 11.3 Å². The zero-order valence-electron chi connectivity index (χ0n) is 8.08. The lowest BCUT2D eigenvalue weighted by Gasteiger charge is -2.00. The molecule has 2 heteroatoms. The molecular weight excluding hydrogens is 180 g/mol. The average molecular weight is 196 g/mol. The van der Waals surface area contributed by atoms with Gasteiger partial charge in [-0.05, 0) is 36.3 Å². The minimum Gasteiger partial charge on any atom is -0.373 e. The van der Waals surface area contributed by atoms with Crippen LogP contribution in [0.3, 0.4) is 0 Å². The Morgan fingerprint density at radius 1 is 1.54 bits per heavy atom. The zero-order chi connectivity index (χ0) is 9.10. The smallest absolute Gasteiger partial charge is 0.0813 e. The summed E-state index contributed by atoms with van der Waals surface area (Å²) in [6.07, 6.45) is 5.51. The van der Waals surface area contributed by atoms with Crippen molar-refractivity contribution in [1.29, 1.82) is 0 Å². The van der Waals surface area contributed by atoms with E-state index in [4.69, 9.17) is 4.74 Å². The third kappa shape index (κ3) is 2.55. The van der Waals surface area contributed by atoms with Crippen LogP contribution in [-0.2, 0) is 17.6 Å². The van der Waals surface area contributed by atoms with Gasteiger partial charge in [0.2, 0.25) is 0 Å². The molecule has 2 heterocycles. The zero-order valence-corrected chi connectivity index (χ0v) is 8.90. The van der Waals surface area contributed by atoms with E-state index in [2.05, 4.69) is 18.4 Å². The Morgan fingerprint density at radius 2 is 2.38 bits per heavy atom. The van der Waals surface area contributed by atoms with Crippen LogP contribution in [0.15, 0.2) is 11.4 Å². The first-order valence-electron chi connectivity index (χ1n) is 5.07. The van der Waals surface area contributed by atoms with Crippen LogP contribution in [0.2, 0.25) is 0 Å². The van der Waals surface area contributed by atoms with Crippen LogP contribution in [0, 0.1) is 0 Å². The third-order valence-electron chi connectivity index (χ3n) is 2.45. The molecule has 0 N–H and O–H groups in total. The largest absolute Gasteiger partial charge is 0.373 e. The molecule has 1 nitrogen and oxygen atoms in total. The SMILES string of the molecule is CCCc1ccsc1CCC1CO1. The van der Waals surface area contributed by atoms with E-state index in [1.54, 1.807) is 10.4 Å². The van der Waals surface area contributed by atoms with Crippen LogP contribution >= 0.6 is 11.3 Å². The second-order valence-corrected chi connectivity index (χ2v) is 4.61. The molecule has 0 amide bonds. The molecule has 1 saturated heterocycles. The molecule has 1 aromatic rings. The van der Waals surface area contributed by atoms with E-state index in [-0.39, 0.29) is 0 Å². The summed E-state index contributed by atoms with van der Waals surface area (Å²) in [5.41, 5.74) is 1.56. The van der Waals surface area contributed by atoms with Crippen LogP contribution in [-0.4, -0.2) is 12.7 Å². The minimum atomic E-state index is 0.580. The topological polar surface area (TPSA) is 12.5 Å². The number of thiophene rings is 1. The van der Waals surface area contributed by atoms with Crippen LogP contribution in [0.25, 0.3) is 0 Å². The third-order valence-corrected chi connectivity index (χ3v) is 3.48. The van der Waals surface area contributed by atoms with Gasteiger partial charge in [0.25, 0.3) is 0 Å². The first kappa shape index (κ1) is 9.22. The normalized spacial score (nSPS) is 20.5. The summed E-state index contributed by atoms with van der Waals surface area (Å²) in [7, 11) is 0. The molecular formula is C11H16OS. The Bertz CT molecular complexity index is 263. The molecule has 0 aromatic carbocycles. The Morgan fingerprint density at radius 3 is 3.08 bits per heavy atom. The number of hydrogen-bond donors (Lipinski definition) is 0. The first-order valence-corrected chi connectivity index (χ1v) is 5.95. The molecule has 1 fully saturated rings. The Balaban J connectivity index is 1.88. The van der Waals surface area contributed by atoms with Crippen molar-refractivity contribution in [3.8, 4) is 0 Å². The standard InChI is InChI=1S/C11H16OS/c1-2-3-9-6-7-13-11(9)5-4-10-8-12-10/h6-7,10H,2-5,8H2,1H3. The minimum absolute atomic E-state index is 0.580. The summed E-state index contributed by atoms with van der Waals surface area (Å²) < 4.78 is 5.21. The van der Waals surface area contributed by atoms with Gasteiger partial charge >= 0.3 is 0 Å². The number of epoxide rings is 1. The fourth-order valence-corrected chi connectivity index (χ4v) is 2.56. The van der Waals surface area contributed by atoms with Crippen molar-refractivity contribution in [2.24, 2.45) is 0 Å². The van der Waals surface area contributed by atoms with Gasteiger partial charge in [-0.3, -0.25) is 0 Å². The van der Waals surface area contributed by atoms with Crippen LogP contribution in [0.4, 0.5) is 0 Å². The molecule has 72 valence electrons. The summed E-state index contributed by atoms with van der Waals surface area (Å²) in [4.78, 5) is 1.58. The van der Waals surface area contributed by atoms with Gasteiger partial charge in [0.1, 0.15) is 0 Å². The van der Waals surface area contributed by atoms with E-state index in [0.29, 0.717) is 6.10 Å². The van der Waals surface area contributed by atoms with Gasteiger partial charge in [0.05, 0.1) is 12.7 Å². The summed E-state index contributed by atoms with van der Waals surface area (Å²) in [6.45, 7) is 3.24. The van der Waals surface area contributed by atoms with Crippen molar-refractivity contribution in [3.63, 3.8) is 0 Å². The molecule has 13 heavy (non-hydrogen) atoms. The molecule has 0 saturated carbocycles. The van der Waals surface area contributed by atoms with E-state index in [1.807, 2.05) is 11.3 Å². The summed E-state index contributed by atoms with van der Waals surface area (Å²) in [5, 5.41) is 2.22. The van der Waals surface area contributed by atoms with Crippen molar-refractivity contribution in [1.82, 2.24) is 0 Å². The summed E-state index contributed by atoms with van der Waals surface area (Å²) in [5.74, 6) is 0. The predicted molar refractivity (Wildman–Crippen MR) is 56.4 cm³/mol. The summed E-state index contributed by atoms with van der Waals surface area (Å²) >= 11 is 1.90. The van der Waals surface area contributed by atoms with Crippen LogP contribution in [0.5, 0.6) is 0 Å². The van der Waals surface area contributed by atoms with Gasteiger partial charge in [-0.25, -0.2) is 0 Å². The molecule has 2 rings (SSSR count).